The number of pyridine rings is 2. The van der Waals surface area contributed by atoms with Gasteiger partial charge in [-0.2, -0.15) is 5.26 Å². The van der Waals surface area contributed by atoms with Gasteiger partial charge in [0.2, 0.25) is 5.91 Å². The summed E-state index contributed by atoms with van der Waals surface area (Å²) >= 11 is 0. The third kappa shape index (κ3) is 6.26. The SMILES string of the molecule is C#CCNc1cc(NC(=O)N2CCCc3cc(CN4CCN(C)CC4=O)c(C(CO)OC)nc32)ncc1C#N. The monoisotopic (exact) mass is 532 g/mol. The number of anilines is 3. The molecule has 1 saturated heterocycles. The van der Waals surface area contributed by atoms with E-state index in [1.165, 1.54) is 18.2 Å². The second-order valence-corrected chi connectivity index (χ2v) is 9.45. The summed E-state index contributed by atoms with van der Waals surface area (Å²) in [5, 5.41) is 25.1. The highest BCUT2D eigenvalue weighted by Crippen LogP contribution is 2.32. The van der Waals surface area contributed by atoms with Crippen molar-refractivity contribution in [2.45, 2.75) is 25.5 Å². The number of aryl methyl sites for hydroxylation is 1. The minimum absolute atomic E-state index is 0.0254. The molecule has 1 fully saturated rings. The maximum absolute atomic E-state index is 13.4. The van der Waals surface area contributed by atoms with Gasteiger partial charge in [-0.15, -0.1) is 6.42 Å². The van der Waals surface area contributed by atoms with E-state index in [-0.39, 0.29) is 24.9 Å². The van der Waals surface area contributed by atoms with Gasteiger partial charge in [0, 0.05) is 45.6 Å². The number of aliphatic hydroxyl groups is 1. The summed E-state index contributed by atoms with van der Waals surface area (Å²) in [6.45, 7) is 2.39. The largest absolute Gasteiger partial charge is 0.393 e. The van der Waals surface area contributed by atoms with Gasteiger partial charge >= 0.3 is 6.03 Å². The number of aromatic nitrogens is 2. The summed E-state index contributed by atoms with van der Waals surface area (Å²) in [5.74, 6) is 3.20. The molecular weight excluding hydrogens is 500 g/mol. The van der Waals surface area contributed by atoms with E-state index in [1.807, 2.05) is 24.1 Å². The molecule has 204 valence electrons. The smallest absolute Gasteiger partial charge is 0.328 e. The molecule has 0 radical (unpaired) electrons. The van der Waals surface area contributed by atoms with Crippen molar-refractivity contribution in [1.82, 2.24) is 19.8 Å². The second-order valence-electron chi connectivity index (χ2n) is 9.45. The van der Waals surface area contributed by atoms with Gasteiger partial charge in [0.25, 0.3) is 0 Å². The lowest BCUT2D eigenvalue weighted by atomic mass is 9.99. The Morgan fingerprint density at radius 2 is 2.15 bits per heavy atom. The van der Waals surface area contributed by atoms with Crippen LogP contribution in [-0.4, -0.2) is 90.3 Å². The number of hydrogen-bond donors (Lipinski definition) is 3. The average molecular weight is 533 g/mol. The molecule has 1 unspecified atom stereocenters. The molecular formula is C27H32N8O4. The van der Waals surface area contributed by atoms with Crippen molar-refractivity contribution >= 4 is 29.3 Å². The quantitative estimate of drug-likeness (QED) is 0.429. The Kier molecular flexibility index (Phi) is 8.94. The first-order chi connectivity index (χ1) is 18.9. The molecule has 39 heavy (non-hydrogen) atoms. The number of terminal acetylenes is 1. The van der Waals surface area contributed by atoms with E-state index in [0.29, 0.717) is 55.4 Å². The van der Waals surface area contributed by atoms with Gasteiger partial charge in [-0.25, -0.2) is 14.8 Å². The van der Waals surface area contributed by atoms with Gasteiger partial charge in [0.15, 0.2) is 0 Å². The first kappa shape index (κ1) is 27.8. The van der Waals surface area contributed by atoms with Crippen LogP contribution in [0, 0.1) is 23.7 Å². The van der Waals surface area contributed by atoms with Gasteiger partial charge in [0.1, 0.15) is 23.8 Å². The van der Waals surface area contributed by atoms with Crippen molar-refractivity contribution in [1.29, 1.82) is 5.26 Å². The number of nitrogens with zero attached hydrogens (tertiary/aromatic N) is 6. The maximum Gasteiger partial charge on any atom is 0.328 e. The first-order valence-corrected chi connectivity index (χ1v) is 12.7. The Hall–Kier alpha value is -4.23. The molecule has 1 atom stereocenters. The van der Waals surface area contributed by atoms with Gasteiger partial charge in [0.05, 0.1) is 36.6 Å². The van der Waals surface area contributed by atoms with Gasteiger partial charge < -0.3 is 20.1 Å². The van der Waals surface area contributed by atoms with E-state index in [2.05, 4.69) is 21.5 Å². The van der Waals surface area contributed by atoms with Crippen molar-refractivity contribution in [2.75, 3.05) is 69.0 Å². The van der Waals surface area contributed by atoms with Crippen LogP contribution in [0.1, 0.15) is 34.9 Å². The highest BCUT2D eigenvalue weighted by atomic mass is 16.5. The van der Waals surface area contributed by atoms with E-state index in [9.17, 15) is 20.0 Å². The normalized spacial score (nSPS) is 16.2. The van der Waals surface area contributed by atoms with E-state index in [0.717, 1.165) is 24.1 Å². The number of carbonyl (C=O) groups is 2. The number of methoxy groups -OCH3 is 1. The highest BCUT2D eigenvalue weighted by Gasteiger charge is 2.30. The lowest BCUT2D eigenvalue weighted by molar-refractivity contribution is -0.136. The Morgan fingerprint density at radius 3 is 2.85 bits per heavy atom. The molecule has 0 aliphatic carbocycles. The minimum Gasteiger partial charge on any atom is -0.393 e. The second kappa shape index (κ2) is 12.5. The van der Waals surface area contributed by atoms with Crippen molar-refractivity contribution in [3.8, 4) is 18.4 Å². The fraction of sp³-hybridized carbons (Fsp3) is 0.444. The predicted molar refractivity (Wildman–Crippen MR) is 145 cm³/mol. The van der Waals surface area contributed by atoms with Crippen LogP contribution < -0.4 is 15.5 Å². The minimum atomic E-state index is -0.718. The van der Waals surface area contributed by atoms with Crippen molar-refractivity contribution in [2.24, 2.45) is 0 Å². The number of urea groups is 1. The molecule has 4 heterocycles. The molecule has 3 amide bonds. The zero-order valence-electron chi connectivity index (χ0n) is 22.1. The Labute approximate surface area is 227 Å². The van der Waals surface area contributed by atoms with E-state index in [1.54, 1.807) is 11.0 Å². The molecule has 12 nitrogen and oxygen atoms in total. The third-order valence-electron chi connectivity index (χ3n) is 6.79. The summed E-state index contributed by atoms with van der Waals surface area (Å²) in [7, 11) is 3.40. The van der Waals surface area contributed by atoms with Crippen molar-refractivity contribution in [3.63, 3.8) is 0 Å². The summed E-state index contributed by atoms with van der Waals surface area (Å²) in [6, 6.07) is 5.13. The number of aliphatic hydroxyl groups excluding tert-OH is 1. The molecule has 2 aromatic rings. The van der Waals surface area contributed by atoms with Crippen LogP contribution in [0.5, 0.6) is 0 Å². The number of ether oxygens (including phenoxy) is 1. The number of rotatable bonds is 8. The molecule has 3 N–H and O–H groups in total. The van der Waals surface area contributed by atoms with Crippen LogP contribution in [-0.2, 0) is 22.5 Å². The molecule has 0 saturated carbocycles. The third-order valence-corrected chi connectivity index (χ3v) is 6.79. The van der Waals surface area contributed by atoms with Crippen LogP contribution in [0.15, 0.2) is 18.3 Å². The molecule has 0 spiro atoms. The first-order valence-electron chi connectivity index (χ1n) is 12.7. The van der Waals surface area contributed by atoms with Crippen molar-refractivity contribution in [3.05, 3.63) is 40.7 Å². The summed E-state index contributed by atoms with van der Waals surface area (Å²) in [6.07, 6.45) is 7.40. The standard InChI is InChI=1S/C27H32N8O4/c1-4-7-29-21-12-23(30-14-20(21)13-28)31-27(38)35-8-5-6-18-11-19(15-34-10-9-33(2)16-24(34)37)25(32-26(18)35)22(17-36)39-3/h1,11-12,14,22,36H,5-10,15-17H2,2-3H3,(H2,29,30,31,38). The van der Waals surface area contributed by atoms with Gasteiger partial charge in [-0.05, 0) is 37.1 Å². The van der Waals surface area contributed by atoms with E-state index < -0.39 is 12.1 Å². The number of amides is 3. The molecule has 0 bridgehead atoms. The number of nitriles is 1. The molecule has 12 heteroatoms. The average Bonchev–Trinajstić information content (AvgIpc) is 2.93. The summed E-state index contributed by atoms with van der Waals surface area (Å²) in [5.41, 5.74) is 2.91. The summed E-state index contributed by atoms with van der Waals surface area (Å²) < 4.78 is 5.51. The molecule has 2 aromatic heterocycles. The van der Waals surface area contributed by atoms with Crippen molar-refractivity contribution < 1.29 is 19.4 Å². The Balaban J connectivity index is 1.63. The fourth-order valence-corrected chi connectivity index (χ4v) is 4.71. The Bertz CT molecular complexity index is 1310. The van der Waals surface area contributed by atoms with Gasteiger partial charge in [-0.1, -0.05) is 5.92 Å². The van der Waals surface area contributed by atoms with Crippen LogP contribution in [0.25, 0.3) is 0 Å². The lowest BCUT2D eigenvalue weighted by Crippen LogP contribution is -2.48. The fourth-order valence-electron chi connectivity index (χ4n) is 4.71. The number of fused-ring (bicyclic) bond motifs is 1. The predicted octanol–water partition coefficient (Wildman–Crippen LogP) is 1.33. The molecule has 0 aromatic carbocycles. The van der Waals surface area contributed by atoms with Crippen LogP contribution in [0.2, 0.25) is 0 Å². The number of nitrogens with one attached hydrogen (secondary N) is 2. The van der Waals surface area contributed by atoms with Crippen LogP contribution in [0.3, 0.4) is 0 Å². The number of hydrogen-bond acceptors (Lipinski definition) is 9. The lowest BCUT2D eigenvalue weighted by Gasteiger charge is -2.34. The van der Waals surface area contributed by atoms with E-state index >= 15 is 0 Å². The molecule has 2 aliphatic rings. The van der Waals surface area contributed by atoms with E-state index in [4.69, 9.17) is 16.1 Å². The Morgan fingerprint density at radius 1 is 1.33 bits per heavy atom. The number of carbonyl (C=O) groups excluding carboxylic acids is 2. The number of likely N-dealkylation sites (N-methyl/N-ethyl adjacent to an activating group) is 1. The molecule has 4 rings (SSSR count). The van der Waals surface area contributed by atoms with Crippen LogP contribution in [0.4, 0.5) is 22.1 Å². The summed E-state index contributed by atoms with van der Waals surface area (Å²) in [4.78, 5) is 40.3. The zero-order chi connectivity index (χ0) is 27.9. The topological polar surface area (TPSA) is 147 Å². The van der Waals surface area contributed by atoms with Crippen LogP contribution >= 0.6 is 0 Å². The molecule has 2 aliphatic heterocycles. The highest BCUT2D eigenvalue weighted by molar-refractivity contribution is 6.01. The zero-order valence-corrected chi connectivity index (χ0v) is 22.1. The maximum atomic E-state index is 13.4. The number of piperazine rings is 1. The van der Waals surface area contributed by atoms with Gasteiger partial charge in [-0.3, -0.25) is 19.9 Å².